The Morgan fingerprint density at radius 2 is 1.63 bits per heavy atom. The van der Waals surface area contributed by atoms with Gasteiger partial charge >= 0.3 is 6.03 Å². The molecule has 1 aromatic heterocycles. The van der Waals surface area contributed by atoms with Gasteiger partial charge in [0.2, 0.25) is 15.9 Å². The predicted molar refractivity (Wildman–Crippen MR) is 192 cm³/mol. The summed E-state index contributed by atoms with van der Waals surface area (Å²) in [7, 11) is -2.42. The maximum Gasteiger partial charge on any atom is 0.318 e. The third-order valence-electron chi connectivity index (χ3n) is 7.81. The summed E-state index contributed by atoms with van der Waals surface area (Å²) < 4.78 is 28.8. The molecule has 3 rings (SSSR count). The van der Waals surface area contributed by atoms with Crippen molar-refractivity contribution in [2.75, 3.05) is 20.1 Å². The number of carbonyl (C=O) groups excluding carboxylic acids is 2. The molecule has 14 heteroatoms. The van der Waals surface area contributed by atoms with Gasteiger partial charge in [0.05, 0.1) is 40.5 Å². The Kier molecular flexibility index (Phi) is 14.7. The summed E-state index contributed by atoms with van der Waals surface area (Å²) in [6, 6.07) is 12.9. The fourth-order valence-corrected chi connectivity index (χ4v) is 7.58. The molecule has 0 saturated carbocycles. The Bertz CT molecular complexity index is 1630. The number of urea groups is 1. The number of thiazole rings is 1. The molecule has 3 amide bonds. The summed E-state index contributed by atoms with van der Waals surface area (Å²) >= 11 is 1.54. The van der Waals surface area contributed by atoms with Crippen molar-refractivity contribution >= 4 is 39.5 Å². The van der Waals surface area contributed by atoms with Crippen LogP contribution in [0.15, 0.2) is 70.0 Å². The largest absolute Gasteiger partial charge is 0.411 e. The molecule has 2 aromatic carbocycles. The van der Waals surface area contributed by atoms with Gasteiger partial charge in [0, 0.05) is 31.4 Å². The lowest BCUT2D eigenvalue weighted by atomic mass is 9.98. The SMILES string of the molecule is CC(C)CN(C[C@H](O)[C@H](Cc1ccccc1)NC(=O)[C@@H](NC(=O)N(C)Cc1csc(C(C)C)n1)C(C)C)S(=O)(=O)c1ccc(C=NO)cc1. The summed E-state index contributed by atoms with van der Waals surface area (Å²) in [5.41, 5.74) is 2.11. The van der Waals surface area contributed by atoms with E-state index in [0.29, 0.717) is 5.56 Å². The van der Waals surface area contributed by atoms with Gasteiger partial charge in [-0.1, -0.05) is 89.2 Å². The number of rotatable bonds is 17. The highest BCUT2D eigenvalue weighted by atomic mass is 32.2. The highest BCUT2D eigenvalue weighted by Gasteiger charge is 2.34. The zero-order chi connectivity index (χ0) is 36.3. The molecule has 0 fully saturated rings. The molecule has 49 heavy (non-hydrogen) atoms. The molecular weight excluding hydrogens is 665 g/mol. The van der Waals surface area contributed by atoms with Crippen molar-refractivity contribution in [3.05, 3.63) is 81.8 Å². The van der Waals surface area contributed by atoms with E-state index >= 15 is 0 Å². The van der Waals surface area contributed by atoms with E-state index in [1.165, 1.54) is 39.7 Å². The molecule has 268 valence electrons. The van der Waals surface area contributed by atoms with E-state index < -0.39 is 40.1 Å². The summed E-state index contributed by atoms with van der Waals surface area (Å²) in [6.45, 7) is 11.6. The van der Waals surface area contributed by atoms with Crippen LogP contribution in [0.4, 0.5) is 4.79 Å². The van der Waals surface area contributed by atoms with Crippen molar-refractivity contribution in [2.24, 2.45) is 17.0 Å². The van der Waals surface area contributed by atoms with Crippen LogP contribution in [0.1, 0.15) is 69.3 Å². The first-order valence-corrected chi connectivity index (χ1v) is 18.7. The molecule has 0 aliphatic rings. The summed E-state index contributed by atoms with van der Waals surface area (Å²) in [6.07, 6.45) is 0.112. The Labute approximate surface area is 294 Å². The minimum absolute atomic E-state index is 0.0175. The molecule has 0 saturated heterocycles. The first kappa shape index (κ1) is 39.6. The number of nitrogens with one attached hydrogen (secondary N) is 2. The van der Waals surface area contributed by atoms with E-state index in [0.717, 1.165) is 16.3 Å². The number of benzene rings is 2. The first-order valence-electron chi connectivity index (χ1n) is 16.4. The molecule has 12 nitrogen and oxygen atoms in total. The van der Waals surface area contributed by atoms with Gasteiger partial charge in [0.1, 0.15) is 6.04 Å². The highest BCUT2D eigenvalue weighted by molar-refractivity contribution is 7.89. The zero-order valence-electron chi connectivity index (χ0n) is 29.3. The van der Waals surface area contributed by atoms with Gasteiger partial charge in [0.15, 0.2) is 0 Å². The van der Waals surface area contributed by atoms with Gasteiger partial charge < -0.3 is 25.8 Å². The van der Waals surface area contributed by atoms with Crippen molar-refractivity contribution in [3.8, 4) is 0 Å². The van der Waals surface area contributed by atoms with E-state index in [4.69, 9.17) is 5.21 Å². The second-order valence-corrected chi connectivity index (χ2v) is 16.1. The highest BCUT2D eigenvalue weighted by Crippen LogP contribution is 2.21. The quantitative estimate of drug-likeness (QED) is 0.0896. The number of hydrogen-bond acceptors (Lipinski definition) is 9. The second kappa shape index (κ2) is 18.2. The maximum atomic E-state index is 13.8. The predicted octanol–water partition coefficient (Wildman–Crippen LogP) is 4.68. The minimum atomic E-state index is -4.06. The molecule has 0 radical (unpaired) electrons. The number of oxime groups is 1. The van der Waals surface area contributed by atoms with Crippen molar-refractivity contribution < 1.29 is 28.3 Å². The molecule has 4 N–H and O–H groups in total. The Morgan fingerprint density at radius 1 is 0.980 bits per heavy atom. The number of sulfonamides is 1. The van der Waals surface area contributed by atoms with Crippen LogP contribution in [-0.4, -0.2) is 89.4 Å². The van der Waals surface area contributed by atoms with Crippen molar-refractivity contribution in [3.63, 3.8) is 0 Å². The molecule has 0 bridgehead atoms. The van der Waals surface area contributed by atoms with E-state index in [9.17, 15) is 23.1 Å². The van der Waals surface area contributed by atoms with Crippen molar-refractivity contribution in [1.82, 2.24) is 24.8 Å². The first-order chi connectivity index (χ1) is 23.1. The second-order valence-electron chi connectivity index (χ2n) is 13.3. The average Bonchev–Trinajstić information content (AvgIpc) is 3.52. The molecule has 3 atom stereocenters. The van der Waals surface area contributed by atoms with Gasteiger partial charge in [-0.3, -0.25) is 4.79 Å². The van der Waals surface area contributed by atoms with Crippen LogP contribution in [0.3, 0.4) is 0 Å². The zero-order valence-corrected chi connectivity index (χ0v) is 30.9. The van der Waals surface area contributed by atoms with Crippen LogP contribution >= 0.6 is 11.3 Å². The molecule has 0 spiro atoms. The monoisotopic (exact) mass is 714 g/mol. The number of aliphatic hydroxyl groups is 1. The lowest BCUT2D eigenvalue weighted by Crippen LogP contribution is -2.58. The number of aromatic nitrogens is 1. The van der Waals surface area contributed by atoms with E-state index in [-0.39, 0.29) is 48.7 Å². The van der Waals surface area contributed by atoms with Gasteiger partial charge in [-0.2, -0.15) is 4.31 Å². The Morgan fingerprint density at radius 3 is 2.18 bits per heavy atom. The van der Waals surface area contributed by atoms with Gasteiger partial charge in [-0.15, -0.1) is 11.3 Å². The third kappa shape index (κ3) is 11.6. The maximum absolute atomic E-state index is 13.8. The van der Waals surface area contributed by atoms with Gasteiger partial charge in [0.25, 0.3) is 0 Å². The fraction of sp³-hybridized carbons (Fsp3) is 0.486. The number of nitrogens with zero attached hydrogens (tertiary/aromatic N) is 4. The molecular formula is C35H50N6O6S2. The number of aliphatic hydroxyl groups excluding tert-OH is 1. The standard InChI is InChI=1S/C35H50N6O6S2/c1-23(2)19-41(49(46,47)29-15-13-27(14-16-29)18-36-45)21-31(42)30(17-26-11-9-8-10-12-26)38-33(43)32(24(3)4)39-35(44)40(7)20-28-22-48-34(37-28)25(5)6/h8-16,18,22-25,30-32,42,45H,17,19-21H2,1-7H3,(H,38,43)(H,39,44)/t30-,31-,32-/m0/s1. The van der Waals surface area contributed by atoms with Crippen LogP contribution in [0.5, 0.6) is 0 Å². The lowest BCUT2D eigenvalue weighted by molar-refractivity contribution is -0.125. The average molecular weight is 715 g/mol. The third-order valence-corrected chi connectivity index (χ3v) is 10.9. The van der Waals surface area contributed by atoms with E-state index in [2.05, 4.69) is 34.6 Å². The van der Waals surface area contributed by atoms with Gasteiger partial charge in [-0.25, -0.2) is 18.2 Å². The van der Waals surface area contributed by atoms with Crippen LogP contribution < -0.4 is 10.6 Å². The lowest BCUT2D eigenvalue weighted by Gasteiger charge is -2.32. The van der Waals surface area contributed by atoms with E-state index in [1.54, 1.807) is 18.4 Å². The summed E-state index contributed by atoms with van der Waals surface area (Å²) in [4.78, 5) is 33.1. The van der Waals surface area contributed by atoms with Crippen LogP contribution in [0.2, 0.25) is 0 Å². The Balaban J connectivity index is 1.83. The topological polar surface area (TPSA) is 165 Å². The smallest absolute Gasteiger partial charge is 0.318 e. The fourth-order valence-electron chi connectivity index (χ4n) is 5.13. The van der Waals surface area contributed by atoms with Crippen LogP contribution in [0, 0.1) is 11.8 Å². The molecule has 0 aliphatic carbocycles. The van der Waals surface area contributed by atoms with Gasteiger partial charge in [-0.05, 0) is 41.5 Å². The van der Waals surface area contributed by atoms with Crippen LogP contribution in [0.25, 0.3) is 0 Å². The minimum Gasteiger partial charge on any atom is -0.411 e. The number of carbonyl (C=O) groups is 2. The number of amides is 3. The molecule has 3 aromatic rings. The number of hydrogen-bond donors (Lipinski definition) is 4. The normalized spacial score (nSPS) is 14.0. The van der Waals surface area contributed by atoms with Crippen molar-refractivity contribution in [1.29, 1.82) is 0 Å². The Hall–Kier alpha value is -3.85. The van der Waals surface area contributed by atoms with Crippen molar-refractivity contribution in [2.45, 2.75) is 83.5 Å². The summed E-state index contributed by atoms with van der Waals surface area (Å²) in [5, 5.41) is 32.1. The summed E-state index contributed by atoms with van der Waals surface area (Å²) in [5.74, 6) is -0.575. The molecule has 1 heterocycles. The van der Waals surface area contributed by atoms with E-state index in [1.807, 2.05) is 63.4 Å². The van der Waals surface area contributed by atoms with Crippen LogP contribution in [-0.2, 0) is 27.8 Å². The molecule has 0 aliphatic heterocycles. The molecule has 0 unspecified atom stereocenters.